The summed E-state index contributed by atoms with van der Waals surface area (Å²) in [5, 5.41) is 0. The standard InChI is InChI=1S/C8H7ClO/c9-8-7(10-8)6-4-2-1-3-5-6/h1-5,7-8H/t7?,8-/m0/s1. The summed E-state index contributed by atoms with van der Waals surface area (Å²) in [6.07, 6.45) is 0.142. The molecule has 0 radical (unpaired) electrons. The highest BCUT2D eigenvalue weighted by atomic mass is 35.5. The second-order valence-corrected chi connectivity index (χ2v) is 2.75. The van der Waals surface area contributed by atoms with E-state index in [1.54, 1.807) is 0 Å². The quantitative estimate of drug-likeness (QED) is 0.447. The number of hydrogen-bond donors (Lipinski definition) is 0. The van der Waals surface area contributed by atoms with Gasteiger partial charge in [-0.1, -0.05) is 41.9 Å². The molecule has 2 rings (SSSR count). The third kappa shape index (κ3) is 1.02. The van der Waals surface area contributed by atoms with Gasteiger partial charge >= 0.3 is 0 Å². The highest BCUT2D eigenvalue weighted by Gasteiger charge is 2.37. The molecule has 2 atom stereocenters. The van der Waals surface area contributed by atoms with Gasteiger partial charge in [0.15, 0.2) is 5.56 Å². The molecule has 0 bridgehead atoms. The molecule has 52 valence electrons. The Labute approximate surface area is 64.6 Å². The number of rotatable bonds is 1. The molecule has 1 saturated heterocycles. The first kappa shape index (κ1) is 6.20. The summed E-state index contributed by atoms with van der Waals surface area (Å²) in [4.78, 5) is 0. The first-order valence-corrected chi connectivity index (χ1v) is 3.66. The fourth-order valence-electron chi connectivity index (χ4n) is 0.967. The van der Waals surface area contributed by atoms with Gasteiger partial charge in [0.1, 0.15) is 6.10 Å². The van der Waals surface area contributed by atoms with E-state index in [2.05, 4.69) is 0 Å². The van der Waals surface area contributed by atoms with Gasteiger partial charge < -0.3 is 4.74 Å². The number of ether oxygens (including phenoxy) is 1. The number of epoxide rings is 1. The number of alkyl halides is 1. The van der Waals surface area contributed by atoms with Crippen molar-refractivity contribution < 1.29 is 4.74 Å². The zero-order valence-corrected chi connectivity index (χ0v) is 6.08. The maximum Gasteiger partial charge on any atom is 0.162 e. The third-order valence-corrected chi connectivity index (χ3v) is 1.90. The van der Waals surface area contributed by atoms with Gasteiger partial charge in [0.05, 0.1) is 0 Å². The van der Waals surface area contributed by atoms with Crippen LogP contribution in [0.2, 0.25) is 0 Å². The van der Waals surface area contributed by atoms with Crippen LogP contribution in [0.25, 0.3) is 0 Å². The summed E-state index contributed by atoms with van der Waals surface area (Å²) in [6, 6.07) is 10.00. The van der Waals surface area contributed by atoms with Crippen LogP contribution in [0, 0.1) is 0 Å². The van der Waals surface area contributed by atoms with Crippen LogP contribution in [0.15, 0.2) is 30.3 Å². The molecule has 1 nitrogen and oxygen atoms in total. The second-order valence-electron chi connectivity index (χ2n) is 2.32. The van der Waals surface area contributed by atoms with Crippen molar-refractivity contribution in [3.63, 3.8) is 0 Å². The van der Waals surface area contributed by atoms with E-state index in [0.717, 1.165) is 0 Å². The van der Waals surface area contributed by atoms with Crippen molar-refractivity contribution in [3.8, 4) is 0 Å². The Morgan fingerprint density at radius 1 is 1.20 bits per heavy atom. The Balaban J connectivity index is 2.20. The lowest BCUT2D eigenvalue weighted by Gasteiger charge is -1.90. The summed E-state index contributed by atoms with van der Waals surface area (Å²) >= 11 is 5.66. The highest BCUT2D eigenvalue weighted by Crippen LogP contribution is 2.40. The Bertz CT molecular complexity index is 222. The predicted octanol–water partition coefficient (Wildman–Crippen LogP) is 2.32. The van der Waals surface area contributed by atoms with Crippen LogP contribution < -0.4 is 0 Å². The van der Waals surface area contributed by atoms with Crippen molar-refractivity contribution in [1.29, 1.82) is 0 Å². The molecule has 1 heterocycles. The summed E-state index contributed by atoms with van der Waals surface area (Å²) in [7, 11) is 0. The Hall–Kier alpha value is -0.530. The van der Waals surface area contributed by atoms with Crippen LogP contribution in [0.1, 0.15) is 11.7 Å². The van der Waals surface area contributed by atoms with Gasteiger partial charge in [-0.15, -0.1) is 0 Å². The summed E-state index contributed by atoms with van der Waals surface area (Å²) in [6.45, 7) is 0. The molecule has 1 fully saturated rings. The van der Waals surface area contributed by atoms with Gasteiger partial charge in [-0.05, 0) is 5.56 Å². The molecule has 0 spiro atoms. The molecule has 2 heteroatoms. The molecule has 1 aromatic rings. The van der Waals surface area contributed by atoms with Crippen molar-refractivity contribution in [2.75, 3.05) is 0 Å². The molecule has 10 heavy (non-hydrogen) atoms. The Kier molecular flexibility index (Phi) is 1.40. The van der Waals surface area contributed by atoms with Crippen LogP contribution >= 0.6 is 11.6 Å². The maximum absolute atomic E-state index is 5.66. The lowest BCUT2D eigenvalue weighted by Crippen LogP contribution is -1.78. The lowest BCUT2D eigenvalue weighted by molar-refractivity contribution is 0.404. The van der Waals surface area contributed by atoms with Crippen molar-refractivity contribution in [2.24, 2.45) is 0 Å². The molecule has 0 amide bonds. The summed E-state index contributed by atoms with van der Waals surface area (Å²) in [5.41, 5.74) is 1.07. The molecule has 1 aliphatic heterocycles. The molecule has 0 saturated carbocycles. The van der Waals surface area contributed by atoms with E-state index < -0.39 is 0 Å². The van der Waals surface area contributed by atoms with Gasteiger partial charge in [-0.3, -0.25) is 0 Å². The second kappa shape index (κ2) is 2.26. The van der Waals surface area contributed by atoms with Crippen molar-refractivity contribution >= 4 is 11.6 Å². The normalized spacial score (nSPS) is 30.1. The largest absolute Gasteiger partial charge is 0.347 e. The minimum absolute atomic E-state index is 0.0950. The first-order chi connectivity index (χ1) is 4.88. The van der Waals surface area contributed by atoms with Crippen LogP contribution in [0.5, 0.6) is 0 Å². The fourth-order valence-corrected chi connectivity index (χ4v) is 1.22. The van der Waals surface area contributed by atoms with Crippen molar-refractivity contribution in [2.45, 2.75) is 11.7 Å². The van der Waals surface area contributed by atoms with Gasteiger partial charge in [-0.25, -0.2) is 0 Å². The molecule has 1 aromatic carbocycles. The van der Waals surface area contributed by atoms with E-state index in [9.17, 15) is 0 Å². The molecular formula is C8H7ClO. The van der Waals surface area contributed by atoms with E-state index in [0.29, 0.717) is 0 Å². The van der Waals surface area contributed by atoms with E-state index in [4.69, 9.17) is 16.3 Å². The molecule has 1 aliphatic rings. The fraction of sp³-hybridized carbons (Fsp3) is 0.250. The van der Waals surface area contributed by atoms with Gasteiger partial charge in [-0.2, -0.15) is 0 Å². The Morgan fingerprint density at radius 2 is 1.80 bits per heavy atom. The molecule has 0 aromatic heterocycles. The number of hydrogen-bond acceptors (Lipinski definition) is 1. The van der Waals surface area contributed by atoms with E-state index >= 15 is 0 Å². The average molecular weight is 155 g/mol. The maximum atomic E-state index is 5.66. The zero-order chi connectivity index (χ0) is 6.97. The lowest BCUT2D eigenvalue weighted by atomic mass is 10.2. The van der Waals surface area contributed by atoms with Gasteiger partial charge in [0.25, 0.3) is 0 Å². The van der Waals surface area contributed by atoms with E-state index in [1.165, 1.54) is 5.56 Å². The predicted molar refractivity (Wildman–Crippen MR) is 39.9 cm³/mol. The third-order valence-electron chi connectivity index (χ3n) is 1.57. The minimum Gasteiger partial charge on any atom is -0.347 e. The molecule has 1 unspecified atom stereocenters. The molecule has 0 N–H and O–H groups in total. The topological polar surface area (TPSA) is 12.5 Å². The van der Waals surface area contributed by atoms with Crippen molar-refractivity contribution in [1.82, 2.24) is 0 Å². The zero-order valence-electron chi connectivity index (χ0n) is 5.33. The van der Waals surface area contributed by atoms with Crippen LogP contribution in [-0.4, -0.2) is 5.56 Å². The van der Waals surface area contributed by atoms with E-state index in [1.807, 2.05) is 30.3 Å². The van der Waals surface area contributed by atoms with Crippen LogP contribution in [0.4, 0.5) is 0 Å². The van der Waals surface area contributed by atoms with E-state index in [-0.39, 0.29) is 11.7 Å². The number of benzene rings is 1. The highest BCUT2D eigenvalue weighted by molar-refractivity contribution is 6.21. The van der Waals surface area contributed by atoms with Gasteiger partial charge in [0.2, 0.25) is 0 Å². The smallest absolute Gasteiger partial charge is 0.162 e. The Morgan fingerprint density at radius 3 is 2.30 bits per heavy atom. The molecular weight excluding hydrogens is 148 g/mol. The first-order valence-electron chi connectivity index (χ1n) is 3.22. The van der Waals surface area contributed by atoms with Gasteiger partial charge in [0, 0.05) is 0 Å². The van der Waals surface area contributed by atoms with Crippen molar-refractivity contribution in [3.05, 3.63) is 35.9 Å². The number of halogens is 1. The summed E-state index contributed by atoms with van der Waals surface area (Å²) in [5.74, 6) is 0. The SMILES string of the molecule is Cl[C@H]1OC1c1ccccc1. The average Bonchev–Trinajstić information content (AvgIpc) is 2.69. The molecule has 0 aliphatic carbocycles. The van der Waals surface area contributed by atoms with Crippen LogP contribution in [-0.2, 0) is 4.74 Å². The minimum atomic E-state index is -0.0950. The monoisotopic (exact) mass is 154 g/mol. The summed E-state index contributed by atoms with van der Waals surface area (Å²) < 4.78 is 5.07. The van der Waals surface area contributed by atoms with Crippen LogP contribution in [0.3, 0.4) is 0 Å².